The zero-order valence-corrected chi connectivity index (χ0v) is 14.8. The largest absolute Gasteiger partial charge is 0.492 e. The van der Waals surface area contributed by atoms with E-state index in [-0.39, 0.29) is 12.5 Å². The highest BCUT2D eigenvalue weighted by Gasteiger charge is 2.18. The van der Waals surface area contributed by atoms with E-state index in [1.165, 1.54) is 0 Å². The first-order chi connectivity index (χ1) is 12.1. The molecule has 0 spiro atoms. The third kappa shape index (κ3) is 3.82. The molecule has 1 heterocycles. The van der Waals surface area contributed by atoms with Crippen molar-refractivity contribution in [3.63, 3.8) is 0 Å². The van der Waals surface area contributed by atoms with Crippen LogP contribution in [0.15, 0.2) is 41.5 Å². The van der Waals surface area contributed by atoms with Gasteiger partial charge in [-0.2, -0.15) is 5.10 Å². The molecule has 0 saturated carbocycles. The van der Waals surface area contributed by atoms with E-state index in [2.05, 4.69) is 10.5 Å². The summed E-state index contributed by atoms with van der Waals surface area (Å²) >= 11 is 0. The second-order valence-corrected chi connectivity index (χ2v) is 6.15. The van der Waals surface area contributed by atoms with Crippen molar-refractivity contribution < 1.29 is 14.3 Å². The molecule has 0 unspecified atom stereocenters. The van der Waals surface area contributed by atoms with Gasteiger partial charge < -0.3 is 9.47 Å². The van der Waals surface area contributed by atoms with E-state index < -0.39 is 0 Å². The third-order valence-electron chi connectivity index (χ3n) is 4.18. The predicted molar refractivity (Wildman–Crippen MR) is 97.4 cm³/mol. The molecule has 1 aliphatic heterocycles. The molecule has 2 aromatic carbocycles. The molecule has 0 atom stereocenters. The fourth-order valence-corrected chi connectivity index (χ4v) is 2.90. The highest BCUT2D eigenvalue weighted by atomic mass is 16.5. The Bertz CT molecular complexity index is 807. The van der Waals surface area contributed by atoms with Crippen molar-refractivity contribution >= 4 is 11.6 Å². The van der Waals surface area contributed by atoms with Crippen LogP contribution in [0.5, 0.6) is 11.5 Å². The Morgan fingerprint density at radius 1 is 1.12 bits per heavy atom. The summed E-state index contributed by atoms with van der Waals surface area (Å²) in [4.78, 5) is 12.1. The van der Waals surface area contributed by atoms with E-state index in [4.69, 9.17) is 9.47 Å². The zero-order valence-electron chi connectivity index (χ0n) is 14.8. The summed E-state index contributed by atoms with van der Waals surface area (Å²) in [5.74, 6) is 1.31. The molecule has 1 N–H and O–H groups in total. The van der Waals surface area contributed by atoms with Crippen LogP contribution in [0.1, 0.15) is 28.7 Å². The van der Waals surface area contributed by atoms with E-state index in [0.717, 1.165) is 39.5 Å². The number of hydrazone groups is 1. The van der Waals surface area contributed by atoms with Gasteiger partial charge in [-0.25, -0.2) is 5.43 Å². The first-order valence-electron chi connectivity index (χ1n) is 8.33. The highest BCUT2D eigenvalue weighted by molar-refractivity contribution is 6.04. The number of nitrogens with zero attached hydrogens (tertiary/aromatic N) is 1. The minimum Gasteiger partial charge on any atom is -0.492 e. The van der Waals surface area contributed by atoms with Crippen molar-refractivity contribution in [2.24, 2.45) is 5.10 Å². The van der Waals surface area contributed by atoms with Crippen molar-refractivity contribution in [2.75, 3.05) is 13.2 Å². The summed E-state index contributed by atoms with van der Waals surface area (Å²) < 4.78 is 11.4. The summed E-state index contributed by atoms with van der Waals surface area (Å²) in [6.45, 7) is 6.41. The molecule has 5 heteroatoms. The number of carbonyl (C=O) groups is 1. The number of nitrogens with one attached hydrogen (secondary N) is 1. The van der Waals surface area contributed by atoms with E-state index in [0.29, 0.717) is 13.0 Å². The molecule has 3 rings (SSSR count). The maximum Gasteiger partial charge on any atom is 0.277 e. The minimum absolute atomic E-state index is 0.0698. The second kappa shape index (κ2) is 7.38. The van der Waals surface area contributed by atoms with Crippen LogP contribution >= 0.6 is 0 Å². The number of rotatable bonds is 4. The number of amides is 1. The molecule has 0 radical (unpaired) electrons. The van der Waals surface area contributed by atoms with Crippen LogP contribution in [0.4, 0.5) is 0 Å². The molecule has 0 bridgehead atoms. The van der Waals surface area contributed by atoms with Crippen molar-refractivity contribution in [1.29, 1.82) is 0 Å². The molecular formula is C20H22N2O3. The van der Waals surface area contributed by atoms with Gasteiger partial charge >= 0.3 is 0 Å². The van der Waals surface area contributed by atoms with Crippen LogP contribution in [-0.2, 0) is 4.79 Å². The molecule has 0 aliphatic carbocycles. The number of hydrogen-bond donors (Lipinski definition) is 1. The Labute approximate surface area is 147 Å². The summed E-state index contributed by atoms with van der Waals surface area (Å²) in [6.07, 6.45) is 0.661. The lowest BCUT2D eigenvalue weighted by molar-refractivity contribution is -0.123. The van der Waals surface area contributed by atoms with Crippen LogP contribution in [0.25, 0.3) is 0 Å². The normalized spacial score (nSPS) is 14.6. The maximum absolute atomic E-state index is 12.1. The Morgan fingerprint density at radius 3 is 2.56 bits per heavy atom. The topological polar surface area (TPSA) is 59.9 Å². The van der Waals surface area contributed by atoms with Crippen LogP contribution in [0.2, 0.25) is 0 Å². The number of para-hydroxylation sites is 2. The summed E-state index contributed by atoms with van der Waals surface area (Å²) in [7, 11) is 0. The molecule has 5 nitrogen and oxygen atoms in total. The number of aryl methyl sites for hydroxylation is 3. The predicted octanol–water partition coefficient (Wildman–Crippen LogP) is 3.29. The molecule has 0 fully saturated rings. The first-order valence-corrected chi connectivity index (χ1v) is 8.33. The Balaban J connectivity index is 1.65. The molecule has 1 amide bonds. The zero-order chi connectivity index (χ0) is 17.8. The van der Waals surface area contributed by atoms with Crippen LogP contribution in [-0.4, -0.2) is 24.8 Å². The van der Waals surface area contributed by atoms with E-state index in [9.17, 15) is 4.79 Å². The van der Waals surface area contributed by atoms with Gasteiger partial charge in [-0.15, -0.1) is 0 Å². The average Bonchev–Trinajstić information content (AvgIpc) is 2.60. The lowest BCUT2D eigenvalue weighted by atomic mass is 10.0. The Hall–Kier alpha value is -2.82. The van der Waals surface area contributed by atoms with Crippen LogP contribution in [0.3, 0.4) is 0 Å². The van der Waals surface area contributed by atoms with E-state index >= 15 is 0 Å². The number of ether oxygens (including phenoxy) is 2. The van der Waals surface area contributed by atoms with Crippen molar-refractivity contribution in [1.82, 2.24) is 5.43 Å². The lowest BCUT2D eigenvalue weighted by Gasteiger charge is -2.20. The van der Waals surface area contributed by atoms with Crippen LogP contribution in [0, 0.1) is 20.8 Å². The second-order valence-electron chi connectivity index (χ2n) is 6.15. The Kier molecular flexibility index (Phi) is 5.03. The van der Waals surface area contributed by atoms with Gasteiger partial charge in [0.1, 0.15) is 11.5 Å². The van der Waals surface area contributed by atoms with Gasteiger partial charge in [-0.3, -0.25) is 4.79 Å². The Morgan fingerprint density at radius 2 is 1.80 bits per heavy atom. The summed E-state index contributed by atoms with van der Waals surface area (Å²) in [5.41, 5.74) is 7.43. The molecule has 0 aromatic heterocycles. The number of benzene rings is 2. The van der Waals surface area contributed by atoms with E-state index in [1.807, 2.05) is 57.2 Å². The molecular weight excluding hydrogens is 316 g/mol. The number of hydrogen-bond acceptors (Lipinski definition) is 4. The van der Waals surface area contributed by atoms with Crippen LogP contribution < -0.4 is 14.9 Å². The fraction of sp³-hybridized carbons (Fsp3) is 0.300. The number of fused-ring (bicyclic) bond motifs is 1. The highest BCUT2D eigenvalue weighted by Crippen LogP contribution is 2.28. The maximum atomic E-state index is 12.1. The van der Waals surface area contributed by atoms with Gasteiger partial charge in [0.2, 0.25) is 0 Å². The third-order valence-corrected chi connectivity index (χ3v) is 4.18. The smallest absolute Gasteiger partial charge is 0.277 e. The quantitative estimate of drug-likeness (QED) is 0.870. The minimum atomic E-state index is -0.282. The molecule has 130 valence electrons. The molecule has 0 saturated heterocycles. The monoisotopic (exact) mass is 338 g/mol. The van der Waals surface area contributed by atoms with Gasteiger partial charge in [0.15, 0.2) is 6.61 Å². The van der Waals surface area contributed by atoms with Crippen molar-refractivity contribution in [3.8, 4) is 11.5 Å². The first kappa shape index (κ1) is 17.0. The van der Waals surface area contributed by atoms with Gasteiger partial charge in [0.25, 0.3) is 5.91 Å². The SMILES string of the molecule is Cc1cccc(C)c1OCC(=O)N/N=C1/CCOc2c(C)cccc21. The summed E-state index contributed by atoms with van der Waals surface area (Å²) in [6, 6.07) is 11.8. The van der Waals surface area contributed by atoms with Crippen molar-refractivity contribution in [2.45, 2.75) is 27.2 Å². The lowest BCUT2D eigenvalue weighted by Crippen LogP contribution is -2.27. The van der Waals surface area contributed by atoms with Gasteiger partial charge in [0, 0.05) is 12.0 Å². The standard InChI is InChI=1S/C20H22N2O3/c1-13-6-4-7-14(2)19(13)25-12-18(23)22-21-17-10-11-24-20-15(3)8-5-9-16(17)20/h4-9H,10-12H2,1-3H3,(H,22,23)/b21-17-. The van der Waals surface area contributed by atoms with E-state index in [1.54, 1.807) is 0 Å². The summed E-state index contributed by atoms with van der Waals surface area (Å²) in [5, 5.41) is 4.28. The fourth-order valence-electron chi connectivity index (χ4n) is 2.90. The van der Waals surface area contributed by atoms with Gasteiger partial charge in [0.05, 0.1) is 12.3 Å². The average molecular weight is 338 g/mol. The number of carbonyl (C=O) groups excluding carboxylic acids is 1. The van der Waals surface area contributed by atoms with Crippen molar-refractivity contribution in [3.05, 3.63) is 58.7 Å². The molecule has 25 heavy (non-hydrogen) atoms. The molecule has 1 aliphatic rings. The molecule has 2 aromatic rings. The van der Waals surface area contributed by atoms with Gasteiger partial charge in [-0.1, -0.05) is 30.3 Å². The van der Waals surface area contributed by atoms with Gasteiger partial charge in [-0.05, 0) is 43.5 Å².